The van der Waals surface area contributed by atoms with Crippen molar-refractivity contribution in [1.29, 1.82) is 0 Å². The summed E-state index contributed by atoms with van der Waals surface area (Å²) in [5.41, 5.74) is -0.200. The molecule has 1 saturated heterocycles. The number of likely N-dealkylation sites (tertiary alicyclic amines) is 1. The summed E-state index contributed by atoms with van der Waals surface area (Å²) < 4.78 is 0. The van der Waals surface area contributed by atoms with E-state index in [1.165, 1.54) is 12.1 Å². The Bertz CT molecular complexity index is 534. The van der Waals surface area contributed by atoms with E-state index in [2.05, 4.69) is 10.2 Å². The lowest BCUT2D eigenvalue weighted by atomic mass is 9.91. The van der Waals surface area contributed by atoms with Crippen molar-refractivity contribution in [1.82, 2.24) is 15.1 Å². The van der Waals surface area contributed by atoms with Crippen molar-refractivity contribution in [3.63, 3.8) is 0 Å². The molecule has 1 aromatic rings. The van der Waals surface area contributed by atoms with Crippen molar-refractivity contribution < 1.29 is 14.7 Å². The van der Waals surface area contributed by atoms with Gasteiger partial charge < -0.3 is 10.0 Å². The normalized spacial score (nSPS) is 23.1. The first-order valence-electron chi connectivity index (χ1n) is 6.08. The SMILES string of the molecule is CC1CC(C(=O)O)CCN1C(=O)c1ccc(=O)[nH]n1. The second-order valence-corrected chi connectivity index (χ2v) is 4.71. The molecule has 0 aliphatic carbocycles. The molecule has 1 aromatic heterocycles. The number of nitrogens with zero attached hydrogens (tertiary/aromatic N) is 2. The topological polar surface area (TPSA) is 103 Å². The third-order valence-corrected chi connectivity index (χ3v) is 3.38. The van der Waals surface area contributed by atoms with Gasteiger partial charge in [-0.25, -0.2) is 5.10 Å². The first-order chi connectivity index (χ1) is 8.99. The summed E-state index contributed by atoms with van der Waals surface area (Å²) in [7, 11) is 0. The third kappa shape index (κ3) is 2.81. The van der Waals surface area contributed by atoms with E-state index < -0.39 is 11.9 Å². The van der Waals surface area contributed by atoms with E-state index in [4.69, 9.17) is 5.11 Å². The van der Waals surface area contributed by atoms with Crippen LogP contribution in [0.3, 0.4) is 0 Å². The lowest BCUT2D eigenvalue weighted by molar-refractivity contribution is -0.143. The number of hydrogen-bond donors (Lipinski definition) is 2. The molecule has 1 aliphatic rings. The fraction of sp³-hybridized carbons (Fsp3) is 0.500. The molecule has 2 rings (SSSR count). The molecule has 0 radical (unpaired) electrons. The first-order valence-corrected chi connectivity index (χ1v) is 6.08. The van der Waals surface area contributed by atoms with Crippen LogP contribution in [0.15, 0.2) is 16.9 Å². The summed E-state index contributed by atoms with van der Waals surface area (Å²) in [5.74, 6) is -1.50. The zero-order chi connectivity index (χ0) is 14.0. The average molecular weight is 265 g/mol. The minimum absolute atomic E-state index is 0.156. The van der Waals surface area contributed by atoms with Gasteiger partial charge in [-0.15, -0.1) is 0 Å². The molecule has 1 amide bonds. The predicted octanol–water partition coefficient (Wildman–Crippen LogP) is 0.0952. The van der Waals surface area contributed by atoms with Gasteiger partial charge in [-0.1, -0.05) is 0 Å². The Hall–Kier alpha value is -2.18. The molecule has 0 aromatic carbocycles. The number of aromatic amines is 1. The Kier molecular flexibility index (Phi) is 3.64. The van der Waals surface area contributed by atoms with E-state index in [0.717, 1.165) is 0 Å². The van der Waals surface area contributed by atoms with Gasteiger partial charge in [0, 0.05) is 18.7 Å². The van der Waals surface area contributed by atoms with E-state index in [1.54, 1.807) is 4.90 Å². The van der Waals surface area contributed by atoms with E-state index in [1.807, 2.05) is 6.92 Å². The first kappa shape index (κ1) is 13.3. The zero-order valence-electron chi connectivity index (χ0n) is 10.5. The number of carboxylic acid groups (broad SMARTS) is 1. The summed E-state index contributed by atoms with van der Waals surface area (Å²) in [4.78, 5) is 35.6. The Balaban J connectivity index is 2.10. The molecule has 7 nitrogen and oxygen atoms in total. The van der Waals surface area contributed by atoms with Crippen LogP contribution in [0, 0.1) is 5.92 Å². The Morgan fingerprint density at radius 3 is 2.74 bits per heavy atom. The maximum atomic E-state index is 12.2. The lowest BCUT2D eigenvalue weighted by Gasteiger charge is -2.35. The van der Waals surface area contributed by atoms with Crippen LogP contribution in [-0.4, -0.2) is 44.7 Å². The number of nitrogens with one attached hydrogen (secondary N) is 1. The summed E-state index contributed by atoms with van der Waals surface area (Å²) in [6.07, 6.45) is 0.874. The largest absolute Gasteiger partial charge is 0.481 e. The Labute approximate surface area is 109 Å². The Morgan fingerprint density at radius 1 is 1.47 bits per heavy atom. The van der Waals surface area contributed by atoms with Gasteiger partial charge in [-0.3, -0.25) is 14.4 Å². The molecule has 2 atom stereocenters. The average Bonchev–Trinajstić information content (AvgIpc) is 2.38. The molecule has 0 bridgehead atoms. The van der Waals surface area contributed by atoms with Crippen LogP contribution in [0.5, 0.6) is 0 Å². The number of carboxylic acids is 1. The van der Waals surface area contributed by atoms with E-state index in [0.29, 0.717) is 19.4 Å². The number of hydrogen-bond acceptors (Lipinski definition) is 4. The number of rotatable bonds is 2. The predicted molar refractivity (Wildman–Crippen MR) is 65.7 cm³/mol. The maximum absolute atomic E-state index is 12.2. The number of aromatic nitrogens is 2. The number of aliphatic carboxylic acids is 1. The van der Waals surface area contributed by atoms with Crippen LogP contribution < -0.4 is 5.56 Å². The zero-order valence-corrected chi connectivity index (χ0v) is 10.5. The standard InChI is InChI=1S/C12H15N3O4/c1-7-6-8(12(18)19)4-5-15(7)11(17)9-2-3-10(16)14-13-9/h2-3,7-8H,4-6H2,1H3,(H,14,16)(H,18,19). The van der Waals surface area contributed by atoms with E-state index >= 15 is 0 Å². The van der Waals surface area contributed by atoms with Crippen LogP contribution in [-0.2, 0) is 4.79 Å². The van der Waals surface area contributed by atoms with Crippen molar-refractivity contribution in [2.24, 2.45) is 5.92 Å². The van der Waals surface area contributed by atoms with Gasteiger partial charge in [-0.2, -0.15) is 5.10 Å². The van der Waals surface area contributed by atoms with Gasteiger partial charge in [0.25, 0.3) is 11.5 Å². The number of carbonyl (C=O) groups is 2. The van der Waals surface area contributed by atoms with Crippen LogP contribution in [0.4, 0.5) is 0 Å². The van der Waals surface area contributed by atoms with Gasteiger partial charge in [-0.05, 0) is 25.8 Å². The van der Waals surface area contributed by atoms with Crippen molar-refractivity contribution in [2.45, 2.75) is 25.8 Å². The van der Waals surface area contributed by atoms with Crippen LogP contribution in [0.2, 0.25) is 0 Å². The smallest absolute Gasteiger partial charge is 0.306 e. The van der Waals surface area contributed by atoms with Gasteiger partial charge in [0.1, 0.15) is 5.69 Å². The van der Waals surface area contributed by atoms with Crippen molar-refractivity contribution >= 4 is 11.9 Å². The monoisotopic (exact) mass is 265 g/mol. The lowest BCUT2D eigenvalue weighted by Crippen LogP contribution is -2.46. The quantitative estimate of drug-likeness (QED) is 0.789. The maximum Gasteiger partial charge on any atom is 0.306 e. The highest BCUT2D eigenvalue weighted by molar-refractivity contribution is 5.92. The van der Waals surface area contributed by atoms with Gasteiger partial charge >= 0.3 is 5.97 Å². The minimum atomic E-state index is -0.818. The molecule has 2 heterocycles. The highest BCUT2D eigenvalue weighted by Gasteiger charge is 2.33. The molecular formula is C12H15N3O4. The highest BCUT2D eigenvalue weighted by atomic mass is 16.4. The fourth-order valence-corrected chi connectivity index (χ4v) is 2.31. The van der Waals surface area contributed by atoms with E-state index in [-0.39, 0.29) is 23.2 Å². The molecule has 0 saturated carbocycles. The molecule has 1 fully saturated rings. The molecule has 102 valence electrons. The Morgan fingerprint density at radius 2 is 2.21 bits per heavy atom. The molecule has 1 aliphatic heterocycles. The number of amides is 1. The summed E-state index contributed by atoms with van der Waals surface area (Å²) in [6.45, 7) is 2.20. The van der Waals surface area contributed by atoms with Crippen LogP contribution >= 0.6 is 0 Å². The summed E-state index contributed by atoms with van der Waals surface area (Å²) in [5, 5.41) is 14.9. The molecule has 0 spiro atoms. The van der Waals surface area contributed by atoms with Crippen molar-refractivity contribution in [2.75, 3.05) is 6.54 Å². The molecular weight excluding hydrogens is 250 g/mol. The second-order valence-electron chi connectivity index (χ2n) is 4.71. The van der Waals surface area contributed by atoms with Gasteiger partial charge in [0.15, 0.2) is 0 Å². The van der Waals surface area contributed by atoms with Gasteiger partial charge in [0.2, 0.25) is 0 Å². The van der Waals surface area contributed by atoms with Crippen molar-refractivity contribution in [3.8, 4) is 0 Å². The number of H-pyrrole nitrogens is 1. The number of carbonyl (C=O) groups excluding carboxylic acids is 1. The molecule has 2 unspecified atom stereocenters. The fourth-order valence-electron chi connectivity index (χ4n) is 2.31. The van der Waals surface area contributed by atoms with E-state index in [9.17, 15) is 14.4 Å². The van der Waals surface area contributed by atoms with Crippen LogP contribution in [0.25, 0.3) is 0 Å². The molecule has 2 N–H and O–H groups in total. The van der Waals surface area contributed by atoms with Gasteiger partial charge in [0.05, 0.1) is 5.92 Å². The van der Waals surface area contributed by atoms with Crippen LogP contribution in [0.1, 0.15) is 30.3 Å². The van der Waals surface area contributed by atoms with Crippen molar-refractivity contribution in [3.05, 3.63) is 28.2 Å². The molecule has 7 heteroatoms. The minimum Gasteiger partial charge on any atom is -0.481 e. The molecule has 19 heavy (non-hydrogen) atoms. The summed E-state index contributed by atoms with van der Waals surface area (Å²) >= 11 is 0. The third-order valence-electron chi connectivity index (χ3n) is 3.38. The number of piperidine rings is 1. The summed E-state index contributed by atoms with van der Waals surface area (Å²) in [6, 6.07) is 2.46. The highest BCUT2D eigenvalue weighted by Crippen LogP contribution is 2.24. The second kappa shape index (κ2) is 5.21.